The van der Waals surface area contributed by atoms with E-state index in [-0.39, 0.29) is 5.91 Å². The molecule has 10 heteroatoms. The molecule has 0 spiro atoms. The first-order chi connectivity index (χ1) is 14.4. The normalized spacial score (nSPS) is 12.3. The topological polar surface area (TPSA) is 182 Å². The van der Waals surface area contributed by atoms with Gasteiger partial charge in [0, 0.05) is 5.41 Å². The SMILES string of the molecule is C#CC(NC(=O)CNC(=O)C(CCCCN)NC(=O)C(C)(C)C)C(N)=O.CCCCN. The van der Waals surface area contributed by atoms with E-state index >= 15 is 0 Å². The summed E-state index contributed by atoms with van der Waals surface area (Å²) in [6.45, 7) is 8.24. The fourth-order valence-corrected chi connectivity index (χ4v) is 2.04. The highest BCUT2D eigenvalue weighted by molar-refractivity contribution is 5.93. The fourth-order valence-electron chi connectivity index (χ4n) is 2.04. The molecule has 0 aliphatic heterocycles. The Balaban J connectivity index is 0. The number of amides is 4. The summed E-state index contributed by atoms with van der Waals surface area (Å²) < 4.78 is 0. The Morgan fingerprint density at radius 2 is 1.58 bits per heavy atom. The van der Waals surface area contributed by atoms with Crippen LogP contribution in [0.4, 0.5) is 0 Å². The van der Waals surface area contributed by atoms with Crippen LogP contribution >= 0.6 is 0 Å². The van der Waals surface area contributed by atoms with E-state index in [4.69, 9.17) is 23.6 Å². The van der Waals surface area contributed by atoms with Crippen LogP contribution in [0.2, 0.25) is 0 Å². The Kier molecular flexibility index (Phi) is 16.8. The van der Waals surface area contributed by atoms with Crippen molar-refractivity contribution in [3.8, 4) is 12.3 Å². The number of terminal acetylenes is 1. The zero-order valence-corrected chi connectivity index (χ0v) is 19.3. The molecule has 2 unspecified atom stereocenters. The van der Waals surface area contributed by atoms with E-state index in [1.165, 1.54) is 12.8 Å². The van der Waals surface area contributed by atoms with Crippen molar-refractivity contribution >= 4 is 23.6 Å². The summed E-state index contributed by atoms with van der Waals surface area (Å²) in [5.41, 5.74) is 14.9. The molecule has 0 aliphatic rings. The van der Waals surface area contributed by atoms with Gasteiger partial charge in [-0.2, -0.15) is 0 Å². The third kappa shape index (κ3) is 15.8. The van der Waals surface area contributed by atoms with Gasteiger partial charge in [0.1, 0.15) is 6.04 Å². The van der Waals surface area contributed by atoms with Crippen molar-refractivity contribution < 1.29 is 19.2 Å². The third-order valence-electron chi connectivity index (χ3n) is 3.99. The number of primary amides is 1. The van der Waals surface area contributed by atoms with Crippen LogP contribution in [0, 0.1) is 17.8 Å². The number of carbonyl (C=O) groups excluding carboxylic acids is 4. The number of rotatable bonds is 12. The van der Waals surface area contributed by atoms with Gasteiger partial charge >= 0.3 is 0 Å². The molecule has 0 aromatic rings. The molecule has 0 aliphatic carbocycles. The molecule has 0 fully saturated rings. The number of nitrogens with two attached hydrogens (primary N) is 3. The number of carbonyl (C=O) groups is 4. The van der Waals surface area contributed by atoms with Gasteiger partial charge in [0.05, 0.1) is 6.54 Å². The lowest BCUT2D eigenvalue weighted by Gasteiger charge is -2.24. The molecule has 2 atom stereocenters. The molecule has 4 amide bonds. The van der Waals surface area contributed by atoms with Crippen LogP contribution in [0.5, 0.6) is 0 Å². The van der Waals surface area contributed by atoms with E-state index in [9.17, 15) is 19.2 Å². The molecular weight excluding hydrogens is 400 g/mol. The first-order valence-corrected chi connectivity index (χ1v) is 10.5. The zero-order chi connectivity index (χ0) is 24.4. The lowest BCUT2D eigenvalue weighted by atomic mass is 9.94. The average molecular weight is 441 g/mol. The molecule has 0 rings (SSSR count). The van der Waals surface area contributed by atoms with E-state index < -0.39 is 41.8 Å². The van der Waals surface area contributed by atoms with Crippen LogP contribution in [0.15, 0.2) is 0 Å². The largest absolute Gasteiger partial charge is 0.367 e. The van der Waals surface area contributed by atoms with E-state index in [1.807, 2.05) is 5.92 Å². The lowest BCUT2D eigenvalue weighted by Crippen LogP contribution is -2.52. The maximum atomic E-state index is 12.3. The van der Waals surface area contributed by atoms with Crippen molar-refractivity contribution in [2.75, 3.05) is 19.6 Å². The second kappa shape index (κ2) is 17.1. The van der Waals surface area contributed by atoms with E-state index in [1.54, 1.807) is 20.8 Å². The van der Waals surface area contributed by atoms with Crippen molar-refractivity contribution in [1.82, 2.24) is 16.0 Å². The minimum absolute atomic E-state index is 0.282. The molecule has 0 radical (unpaired) electrons. The first kappa shape index (κ1) is 30.6. The summed E-state index contributed by atoms with van der Waals surface area (Å²) in [5.74, 6) is -0.293. The predicted octanol–water partition coefficient (Wildman–Crippen LogP) is -0.889. The predicted molar refractivity (Wildman–Crippen MR) is 121 cm³/mol. The molecule has 10 nitrogen and oxygen atoms in total. The lowest BCUT2D eigenvalue weighted by molar-refractivity contribution is -0.134. The Bertz CT molecular complexity index is 608. The molecule has 0 bridgehead atoms. The Hall–Kier alpha value is -2.64. The van der Waals surface area contributed by atoms with Gasteiger partial charge in [-0.3, -0.25) is 19.2 Å². The molecule has 0 aromatic carbocycles. The maximum absolute atomic E-state index is 12.3. The van der Waals surface area contributed by atoms with E-state index in [0.29, 0.717) is 25.8 Å². The van der Waals surface area contributed by atoms with Gasteiger partial charge in [-0.1, -0.05) is 40.0 Å². The second-order valence-corrected chi connectivity index (χ2v) is 7.99. The minimum atomic E-state index is -1.25. The highest BCUT2D eigenvalue weighted by Gasteiger charge is 2.27. The molecule has 0 saturated heterocycles. The van der Waals surface area contributed by atoms with Crippen LogP contribution in [0.3, 0.4) is 0 Å². The molecule has 178 valence electrons. The Labute approximate surface area is 185 Å². The number of nitrogens with one attached hydrogen (secondary N) is 3. The van der Waals surface area contributed by atoms with E-state index in [2.05, 4.69) is 22.9 Å². The molecule has 0 heterocycles. The molecular formula is C21H40N6O4. The summed E-state index contributed by atoms with van der Waals surface area (Å²) in [5, 5.41) is 7.31. The van der Waals surface area contributed by atoms with Gasteiger partial charge in [-0.25, -0.2) is 0 Å². The summed E-state index contributed by atoms with van der Waals surface area (Å²) in [7, 11) is 0. The van der Waals surface area contributed by atoms with Crippen molar-refractivity contribution in [1.29, 1.82) is 0 Å². The van der Waals surface area contributed by atoms with Gasteiger partial charge in [0.25, 0.3) is 5.91 Å². The van der Waals surface area contributed by atoms with E-state index in [0.717, 1.165) is 6.54 Å². The van der Waals surface area contributed by atoms with Crippen molar-refractivity contribution in [2.24, 2.45) is 22.6 Å². The van der Waals surface area contributed by atoms with Crippen molar-refractivity contribution in [2.45, 2.75) is 71.9 Å². The summed E-state index contributed by atoms with van der Waals surface area (Å²) >= 11 is 0. The summed E-state index contributed by atoms with van der Waals surface area (Å²) in [6, 6.07) is -2.04. The number of unbranched alkanes of at least 4 members (excludes halogenated alkanes) is 2. The van der Waals surface area contributed by atoms with Gasteiger partial charge in [-0.15, -0.1) is 6.42 Å². The fraction of sp³-hybridized carbons (Fsp3) is 0.714. The third-order valence-corrected chi connectivity index (χ3v) is 3.99. The van der Waals surface area contributed by atoms with Crippen LogP contribution in [0.1, 0.15) is 59.8 Å². The van der Waals surface area contributed by atoms with Crippen LogP contribution in [-0.4, -0.2) is 55.3 Å². The second-order valence-electron chi connectivity index (χ2n) is 7.99. The summed E-state index contributed by atoms with van der Waals surface area (Å²) in [4.78, 5) is 47.2. The first-order valence-electron chi connectivity index (χ1n) is 10.5. The Morgan fingerprint density at radius 1 is 1.00 bits per heavy atom. The highest BCUT2D eigenvalue weighted by Crippen LogP contribution is 2.14. The van der Waals surface area contributed by atoms with Crippen LogP contribution < -0.4 is 33.2 Å². The highest BCUT2D eigenvalue weighted by atomic mass is 16.2. The maximum Gasteiger partial charge on any atom is 0.252 e. The minimum Gasteiger partial charge on any atom is -0.367 e. The quantitative estimate of drug-likeness (QED) is 0.169. The van der Waals surface area contributed by atoms with Gasteiger partial charge in [-0.05, 0) is 38.8 Å². The van der Waals surface area contributed by atoms with Gasteiger partial charge in [0.2, 0.25) is 17.7 Å². The summed E-state index contributed by atoms with van der Waals surface area (Å²) in [6.07, 6.45) is 9.21. The number of hydrogen-bond donors (Lipinski definition) is 6. The van der Waals surface area contributed by atoms with Crippen LogP contribution in [-0.2, 0) is 19.2 Å². The smallest absolute Gasteiger partial charge is 0.252 e. The molecule has 0 aromatic heterocycles. The zero-order valence-electron chi connectivity index (χ0n) is 19.3. The monoisotopic (exact) mass is 440 g/mol. The standard InChI is InChI=1S/C17H29N5O4.C4H11N/c1-5-11(14(19)24)21-13(23)10-20-15(25)12(8-6-7-9-18)22-16(26)17(2,3)4;1-2-3-4-5/h1,11-12H,6-10,18H2,2-4H3,(H2,19,24)(H,20,25)(H,21,23)(H,22,26);2-5H2,1H3. The molecule has 9 N–H and O–H groups in total. The number of hydrogen-bond acceptors (Lipinski definition) is 6. The van der Waals surface area contributed by atoms with Gasteiger partial charge in [0.15, 0.2) is 6.04 Å². The molecule has 0 saturated carbocycles. The molecule has 31 heavy (non-hydrogen) atoms. The average Bonchev–Trinajstić information content (AvgIpc) is 2.69. The Morgan fingerprint density at radius 3 is 1.97 bits per heavy atom. The van der Waals surface area contributed by atoms with Gasteiger partial charge < -0.3 is 33.2 Å². The van der Waals surface area contributed by atoms with Crippen molar-refractivity contribution in [3.63, 3.8) is 0 Å². The van der Waals surface area contributed by atoms with Crippen molar-refractivity contribution in [3.05, 3.63) is 0 Å². The van der Waals surface area contributed by atoms with Crippen LogP contribution in [0.25, 0.3) is 0 Å².